The molecule has 0 aromatic carbocycles. The second-order valence-electron chi connectivity index (χ2n) is 2.75. The number of halogens is 2. The Balaban J connectivity index is 0.000000810. The van der Waals surface area contributed by atoms with Crippen LogP contribution in [0, 0.1) is 0 Å². The molecule has 1 rings (SSSR count). The van der Waals surface area contributed by atoms with E-state index in [1.165, 1.54) is 25.8 Å². The minimum absolute atomic E-state index is 0. The standard InChI is InChI=1S/C7H14ClN.ClH/c1-9-6-4-7(9)3-2-5-8;/h7H,2-6H2,1H3;1H. The van der Waals surface area contributed by atoms with Crippen LogP contribution in [0.25, 0.3) is 0 Å². The first-order chi connectivity index (χ1) is 4.34. The fourth-order valence-corrected chi connectivity index (χ4v) is 1.40. The summed E-state index contributed by atoms with van der Waals surface area (Å²) in [5.41, 5.74) is 0. The van der Waals surface area contributed by atoms with Gasteiger partial charge in [0, 0.05) is 11.9 Å². The summed E-state index contributed by atoms with van der Waals surface area (Å²) < 4.78 is 0. The zero-order chi connectivity index (χ0) is 6.69. The number of likely N-dealkylation sites (tertiary alicyclic amines) is 1. The normalized spacial score (nSPS) is 25.2. The SMILES string of the molecule is CN1CCC1CCCCl.Cl. The predicted octanol–water partition coefficient (Wildman–Crippen LogP) is 2.13. The van der Waals surface area contributed by atoms with Crippen LogP contribution in [0.15, 0.2) is 0 Å². The molecule has 1 unspecified atom stereocenters. The lowest BCUT2D eigenvalue weighted by atomic mass is 10.00. The Morgan fingerprint density at radius 3 is 2.60 bits per heavy atom. The molecule has 1 saturated heterocycles. The van der Waals surface area contributed by atoms with Crippen LogP contribution in [0.2, 0.25) is 0 Å². The van der Waals surface area contributed by atoms with Gasteiger partial charge in [-0.2, -0.15) is 0 Å². The van der Waals surface area contributed by atoms with E-state index in [-0.39, 0.29) is 12.4 Å². The van der Waals surface area contributed by atoms with Gasteiger partial charge in [0.1, 0.15) is 0 Å². The van der Waals surface area contributed by atoms with Gasteiger partial charge >= 0.3 is 0 Å². The van der Waals surface area contributed by atoms with E-state index >= 15 is 0 Å². The number of rotatable bonds is 3. The van der Waals surface area contributed by atoms with E-state index in [0.29, 0.717) is 0 Å². The van der Waals surface area contributed by atoms with Crippen LogP contribution in [-0.2, 0) is 0 Å². The monoisotopic (exact) mass is 183 g/mol. The third-order valence-corrected chi connectivity index (χ3v) is 2.38. The summed E-state index contributed by atoms with van der Waals surface area (Å²) in [4.78, 5) is 2.40. The van der Waals surface area contributed by atoms with Crippen molar-refractivity contribution in [1.82, 2.24) is 4.90 Å². The van der Waals surface area contributed by atoms with Gasteiger partial charge in [-0.15, -0.1) is 24.0 Å². The van der Waals surface area contributed by atoms with Crippen LogP contribution in [0.4, 0.5) is 0 Å². The predicted molar refractivity (Wildman–Crippen MR) is 48.2 cm³/mol. The Kier molecular flexibility index (Phi) is 5.51. The number of alkyl halides is 1. The third kappa shape index (κ3) is 2.65. The first-order valence-electron chi connectivity index (χ1n) is 3.61. The maximum Gasteiger partial charge on any atom is 0.0224 e. The quantitative estimate of drug-likeness (QED) is 0.607. The second kappa shape index (κ2) is 5.22. The van der Waals surface area contributed by atoms with Crippen molar-refractivity contribution in [2.45, 2.75) is 25.3 Å². The molecule has 1 aliphatic rings. The third-order valence-electron chi connectivity index (χ3n) is 2.11. The van der Waals surface area contributed by atoms with Gasteiger partial charge in [-0.1, -0.05) is 0 Å². The Hall–Kier alpha value is 0.540. The topological polar surface area (TPSA) is 3.24 Å². The summed E-state index contributed by atoms with van der Waals surface area (Å²) in [6, 6.07) is 0.851. The molecule has 0 aliphatic carbocycles. The molecule has 1 fully saturated rings. The van der Waals surface area contributed by atoms with E-state index in [4.69, 9.17) is 11.6 Å². The maximum atomic E-state index is 5.56. The summed E-state index contributed by atoms with van der Waals surface area (Å²) in [5.74, 6) is 0.824. The van der Waals surface area contributed by atoms with Gasteiger partial charge < -0.3 is 4.90 Å². The highest BCUT2D eigenvalue weighted by Crippen LogP contribution is 2.18. The van der Waals surface area contributed by atoms with E-state index in [9.17, 15) is 0 Å². The molecule has 0 saturated carbocycles. The Bertz CT molecular complexity index is 87.7. The van der Waals surface area contributed by atoms with Crippen molar-refractivity contribution < 1.29 is 0 Å². The lowest BCUT2D eigenvalue weighted by Gasteiger charge is -2.37. The second-order valence-corrected chi connectivity index (χ2v) is 3.13. The number of nitrogens with zero attached hydrogens (tertiary/aromatic N) is 1. The zero-order valence-electron chi connectivity index (χ0n) is 6.35. The van der Waals surface area contributed by atoms with Gasteiger partial charge in [-0.05, 0) is 32.9 Å². The molecule has 3 heteroatoms. The van der Waals surface area contributed by atoms with E-state index in [1.807, 2.05) is 0 Å². The molecular formula is C7H15Cl2N. The average molecular weight is 184 g/mol. The number of hydrogen-bond donors (Lipinski definition) is 0. The lowest BCUT2D eigenvalue weighted by molar-refractivity contribution is 0.118. The summed E-state index contributed by atoms with van der Waals surface area (Å²) in [6.45, 7) is 1.28. The summed E-state index contributed by atoms with van der Waals surface area (Å²) in [6.07, 6.45) is 3.85. The van der Waals surface area contributed by atoms with Crippen molar-refractivity contribution in [3.05, 3.63) is 0 Å². The van der Waals surface area contributed by atoms with Crippen molar-refractivity contribution in [3.63, 3.8) is 0 Å². The van der Waals surface area contributed by atoms with E-state index in [1.54, 1.807) is 0 Å². The molecule has 1 heterocycles. The Labute approximate surface area is 74.1 Å². The molecule has 1 atom stereocenters. The minimum atomic E-state index is 0. The first-order valence-corrected chi connectivity index (χ1v) is 4.14. The summed E-state index contributed by atoms with van der Waals surface area (Å²) in [7, 11) is 2.18. The summed E-state index contributed by atoms with van der Waals surface area (Å²) in [5, 5.41) is 0. The first kappa shape index (κ1) is 10.5. The van der Waals surface area contributed by atoms with Gasteiger partial charge in [-0.25, -0.2) is 0 Å². The van der Waals surface area contributed by atoms with Gasteiger partial charge in [0.05, 0.1) is 0 Å². The van der Waals surface area contributed by atoms with Gasteiger partial charge in [0.25, 0.3) is 0 Å². The molecule has 1 aliphatic heterocycles. The van der Waals surface area contributed by atoms with Crippen molar-refractivity contribution in [2.24, 2.45) is 0 Å². The highest BCUT2D eigenvalue weighted by Gasteiger charge is 2.22. The van der Waals surface area contributed by atoms with Crippen LogP contribution < -0.4 is 0 Å². The van der Waals surface area contributed by atoms with Crippen molar-refractivity contribution in [2.75, 3.05) is 19.5 Å². The Morgan fingerprint density at radius 2 is 2.30 bits per heavy atom. The average Bonchev–Trinajstić information content (AvgIpc) is 1.86. The van der Waals surface area contributed by atoms with E-state index in [2.05, 4.69) is 11.9 Å². The fraction of sp³-hybridized carbons (Fsp3) is 1.00. The van der Waals surface area contributed by atoms with Crippen molar-refractivity contribution in [3.8, 4) is 0 Å². The number of hydrogen-bond acceptors (Lipinski definition) is 1. The lowest BCUT2D eigenvalue weighted by Crippen LogP contribution is -2.44. The van der Waals surface area contributed by atoms with Crippen LogP contribution >= 0.6 is 24.0 Å². The van der Waals surface area contributed by atoms with E-state index < -0.39 is 0 Å². The largest absolute Gasteiger partial charge is 0.303 e. The van der Waals surface area contributed by atoms with Crippen LogP contribution in [0.3, 0.4) is 0 Å². The van der Waals surface area contributed by atoms with Gasteiger partial charge in [0.2, 0.25) is 0 Å². The summed E-state index contributed by atoms with van der Waals surface area (Å²) >= 11 is 5.56. The molecule has 1 nitrogen and oxygen atoms in total. The molecule has 0 radical (unpaired) electrons. The van der Waals surface area contributed by atoms with Gasteiger partial charge in [0.15, 0.2) is 0 Å². The minimum Gasteiger partial charge on any atom is -0.303 e. The molecule has 0 bridgehead atoms. The molecule has 0 N–H and O–H groups in total. The molecule has 0 aromatic rings. The van der Waals surface area contributed by atoms with E-state index in [0.717, 1.165) is 11.9 Å². The zero-order valence-corrected chi connectivity index (χ0v) is 7.92. The van der Waals surface area contributed by atoms with Crippen LogP contribution in [0.5, 0.6) is 0 Å². The van der Waals surface area contributed by atoms with Gasteiger partial charge in [-0.3, -0.25) is 0 Å². The fourth-order valence-electron chi connectivity index (χ4n) is 1.25. The maximum absolute atomic E-state index is 5.56. The highest BCUT2D eigenvalue weighted by molar-refractivity contribution is 6.17. The molecular weight excluding hydrogens is 169 g/mol. The molecule has 0 aromatic heterocycles. The van der Waals surface area contributed by atoms with Crippen LogP contribution in [0.1, 0.15) is 19.3 Å². The smallest absolute Gasteiger partial charge is 0.0224 e. The van der Waals surface area contributed by atoms with Crippen molar-refractivity contribution >= 4 is 24.0 Å². The molecule has 0 spiro atoms. The van der Waals surface area contributed by atoms with Crippen LogP contribution in [-0.4, -0.2) is 30.4 Å². The molecule has 62 valence electrons. The Morgan fingerprint density at radius 1 is 1.60 bits per heavy atom. The van der Waals surface area contributed by atoms with Crippen molar-refractivity contribution in [1.29, 1.82) is 0 Å². The molecule has 10 heavy (non-hydrogen) atoms. The highest BCUT2D eigenvalue weighted by atomic mass is 35.5. The molecule has 0 amide bonds.